The van der Waals surface area contributed by atoms with Crippen LogP contribution in [0.4, 0.5) is 0 Å². The van der Waals surface area contributed by atoms with Crippen molar-refractivity contribution in [1.82, 2.24) is 9.21 Å². The van der Waals surface area contributed by atoms with Gasteiger partial charge in [0, 0.05) is 30.7 Å². The van der Waals surface area contributed by atoms with Gasteiger partial charge >= 0.3 is 0 Å². The van der Waals surface area contributed by atoms with Crippen molar-refractivity contribution < 1.29 is 8.42 Å². The van der Waals surface area contributed by atoms with E-state index in [2.05, 4.69) is 4.90 Å². The second kappa shape index (κ2) is 5.40. The minimum atomic E-state index is -3.45. The molecule has 1 atom stereocenters. The predicted molar refractivity (Wildman–Crippen MR) is 77.0 cm³/mol. The Labute approximate surface area is 120 Å². The Morgan fingerprint density at radius 3 is 2.58 bits per heavy atom. The topological polar surface area (TPSA) is 40.6 Å². The summed E-state index contributed by atoms with van der Waals surface area (Å²) >= 11 is 6.03. The van der Waals surface area contributed by atoms with Gasteiger partial charge in [0.15, 0.2) is 0 Å². The maximum Gasteiger partial charge on any atom is 0.243 e. The minimum Gasteiger partial charge on any atom is -0.303 e. The van der Waals surface area contributed by atoms with Gasteiger partial charge in [0.1, 0.15) is 0 Å². The molecule has 19 heavy (non-hydrogen) atoms. The fourth-order valence-electron chi connectivity index (χ4n) is 2.35. The van der Waals surface area contributed by atoms with Crippen LogP contribution in [0.5, 0.6) is 0 Å². The summed E-state index contributed by atoms with van der Waals surface area (Å²) in [5.41, 5.74) is 0.882. The highest BCUT2D eigenvalue weighted by atomic mass is 35.5. The second-order valence-electron chi connectivity index (χ2n) is 5.14. The first kappa shape index (κ1) is 14.8. The largest absolute Gasteiger partial charge is 0.303 e. The van der Waals surface area contributed by atoms with Gasteiger partial charge in [-0.3, -0.25) is 0 Å². The van der Waals surface area contributed by atoms with Crippen molar-refractivity contribution >= 4 is 21.6 Å². The Bertz CT molecular complexity index is 574. The van der Waals surface area contributed by atoms with Crippen molar-refractivity contribution in [2.75, 3.05) is 26.7 Å². The normalized spacial score (nSPS) is 22.6. The van der Waals surface area contributed by atoms with Gasteiger partial charge in [-0.2, -0.15) is 4.31 Å². The van der Waals surface area contributed by atoms with Crippen LogP contribution >= 0.6 is 11.6 Å². The third-order valence-corrected chi connectivity index (χ3v) is 5.94. The minimum absolute atomic E-state index is 0.0242. The van der Waals surface area contributed by atoms with E-state index in [-0.39, 0.29) is 10.9 Å². The summed E-state index contributed by atoms with van der Waals surface area (Å²) in [6, 6.07) is 4.89. The van der Waals surface area contributed by atoms with E-state index in [1.807, 2.05) is 20.9 Å². The molecule has 1 aromatic rings. The van der Waals surface area contributed by atoms with Gasteiger partial charge in [-0.05, 0) is 38.6 Å². The number of hydrogen-bond acceptors (Lipinski definition) is 3. The Morgan fingerprint density at radius 2 is 2.00 bits per heavy atom. The quantitative estimate of drug-likeness (QED) is 0.839. The Kier molecular flexibility index (Phi) is 4.20. The van der Waals surface area contributed by atoms with Crippen LogP contribution in [0.1, 0.15) is 12.5 Å². The van der Waals surface area contributed by atoms with Crippen LogP contribution < -0.4 is 0 Å². The van der Waals surface area contributed by atoms with E-state index in [0.29, 0.717) is 11.6 Å². The van der Waals surface area contributed by atoms with Crippen LogP contribution in [-0.2, 0) is 10.0 Å². The molecule has 0 radical (unpaired) electrons. The smallest absolute Gasteiger partial charge is 0.243 e. The van der Waals surface area contributed by atoms with Crippen LogP contribution in [-0.4, -0.2) is 50.3 Å². The van der Waals surface area contributed by atoms with Crippen molar-refractivity contribution in [2.24, 2.45) is 0 Å². The molecular weight excluding hydrogens is 284 g/mol. The second-order valence-corrected chi connectivity index (χ2v) is 7.44. The van der Waals surface area contributed by atoms with E-state index >= 15 is 0 Å². The number of aryl methyl sites for hydroxylation is 1. The highest BCUT2D eigenvalue weighted by Crippen LogP contribution is 2.25. The molecule has 1 aliphatic rings. The van der Waals surface area contributed by atoms with E-state index in [0.717, 1.165) is 18.7 Å². The lowest BCUT2D eigenvalue weighted by atomic mass is 10.2. The number of likely N-dealkylation sites (N-methyl/N-ethyl adjacent to an activating group) is 1. The molecule has 1 fully saturated rings. The molecule has 1 heterocycles. The first-order valence-corrected chi connectivity index (χ1v) is 8.10. The first-order valence-electron chi connectivity index (χ1n) is 6.29. The lowest BCUT2D eigenvalue weighted by Gasteiger charge is -2.37. The molecule has 0 saturated carbocycles. The lowest BCUT2D eigenvalue weighted by molar-refractivity contribution is 0.170. The highest BCUT2D eigenvalue weighted by Gasteiger charge is 2.32. The lowest BCUT2D eigenvalue weighted by Crippen LogP contribution is -2.52. The first-order chi connectivity index (χ1) is 8.82. The number of rotatable bonds is 2. The van der Waals surface area contributed by atoms with Gasteiger partial charge in [-0.25, -0.2) is 8.42 Å². The maximum atomic E-state index is 12.6. The summed E-state index contributed by atoms with van der Waals surface area (Å²) in [5.74, 6) is 0. The third-order valence-electron chi connectivity index (χ3n) is 3.52. The number of piperazine rings is 1. The molecule has 0 bridgehead atoms. The number of halogens is 1. The van der Waals surface area contributed by atoms with Crippen molar-refractivity contribution in [3.8, 4) is 0 Å². The van der Waals surface area contributed by atoms with Crippen molar-refractivity contribution in [3.05, 3.63) is 28.8 Å². The molecule has 2 rings (SSSR count). The van der Waals surface area contributed by atoms with Gasteiger partial charge in [0.05, 0.1) is 4.90 Å². The molecule has 1 aromatic carbocycles. The monoisotopic (exact) mass is 302 g/mol. The molecule has 0 spiro atoms. The van der Waals surface area contributed by atoms with Gasteiger partial charge < -0.3 is 4.90 Å². The van der Waals surface area contributed by atoms with E-state index in [1.54, 1.807) is 16.4 Å². The summed E-state index contributed by atoms with van der Waals surface area (Å²) in [6.45, 7) is 5.81. The zero-order valence-electron chi connectivity index (χ0n) is 11.4. The molecule has 1 saturated heterocycles. The third kappa shape index (κ3) is 2.94. The summed E-state index contributed by atoms with van der Waals surface area (Å²) in [4.78, 5) is 2.42. The Balaban J connectivity index is 2.34. The van der Waals surface area contributed by atoms with Gasteiger partial charge in [0.25, 0.3) is 0 Å². The molecule has 4 nitrogen and oxygen atoms in total. The predicted octanol–water partition coefficient (Wildman–Crippen LogP) is 1.97. The number of nitrogens with zero attached hydrogens (tertiary/aromatic N) is 2. The fraction of sp³-hybridized carbons (Fsp3) is 0.538. The average Bonchev–Trinajstić information content (AvgIpc) is 2.32. The molecule has 0 amide bonds. The SMILES string of the molecule is Cc1ccc(S(=O)(=O)N2CCN(C)CC2C)cc1Cl. The van der Waals surface area contributed by atoms with Crippen molar-refractivity contribution in [1.29, 1.82) is 0 Å². The van der Waals surface area contributed by atoms with Gasteiger partial charge in [-0.15, -0.1) is 0 Å². The fourth-order valence-corrected chi connectivity index (χ4v) is 4.23. The average molecular weight is 303 g/mol. The van der Waals surface area contributed by atoms with E-state index in [1.165, 1.54) is 6.07 Å². The Hall–Kier alpha value is -0.620. The maximum absolute atomic E-state index is 12.6. The molecule has 0 N–H and O–H groups in total. The van der Waals surface area contributed by atoms with Crippen LogP contribution in [0.25, 0.3) is 0 Å². The number of hydrogen-bond donors (Lipinski definition) is 0. The Morgan fingerprint density at radius 1 is 1.32 bits per heavy atom. The standard InChI is InChI=1S/C13H19ClN2O2S/c1-10-4-5-12(8-13(10)14)19(17,18)16-7-6-15(3)9-11(16)2/h4-5,8,11H,6-7,9H2,1-3H3. The van der Waals surface area contributed by atoms with Crippen molar-refractivity contribution in [2.45, 2.75) is 24.8 Å². The van der Waals surface area contributed by atoms with Crippen LogP contribution in [0.3, 0.4) is 0 Å². The van der Waals surface area contributed by atoms with Crippen LogP contribution in [0.15, 0.2) is 23.1 Å². The molecular formula is C13H19ClN2O2S. The molecule has 6 heteroatoms. The number of benzene rings is 1. The summed E-state index contributed by atoms with van der Waals surface area (Å²) in [6.07, 6.45) is 0. The molecule has 1 unspecified atom stereocenters. The van der Waals surface area contributed by atoms with E-state index in [4.69, 9.17) is 11.6 Å². The zero-order chi connectivity index (χ0) is 14.2. The zero-order valence-corrected chi connectivity index (χ0v) is 13.0. The van der Waals surface area contributed by atoms with E-state index in [9.17, 15) is 8.42 Å². The molecule has 1 aliphatic heterocycles. The molecule has 106 valence electrons. The summed E-state index contributed by atoms with van der Waals surface area (Å²) in [7, 11) is -1.45. The van der Waals surface area contributed by atoms with E-state index < -0.39 is 10.0 Å². The summed E-state index contributed by atoms with van der Waals surface area (Å²) < 4.78 is 26.8. The molecule has 0 aliphatic carbocycles. The summed E-state index contributed by atoms with van der Waals surface area (Å²) in [5, 5.41) is 0.489. The molecule has 0 aromatic heterocycles. The van der Waals surface area contributed by atoms with Crippen molar-refractivity contribution in [3.63, 3.8) is 0 Å². The number of sulfonamides is 1. The van der Waals surface area contributed by atoms with Gasteiger partial charge in [0.2, 0.25) is 10.0 Å². The van der Waals surface area contributed by atoms with Gasteiger partial charge in [-0.1, -0.05) is 17.7 Å². The highest BCUT2D eigenvalue weighted by molar-refractivity contribution is 7.89. The van der Waals surface area contributed by atoms with Crippen LogP contribution in [0.2, 0.25) is 5.02 Å². The van der Waals surface area contributed by atoms with Crippen LogP contribution in [0, 0.1) is 6.92 Å².